The van der Waals surface area contributed by atoms with E-state index >= 15 is 0 Å². The van der Waals surface area contributed by atoms with Crippen molar-refractivity contribution < 1.29 is 27.8 Å². The standard InChI is InChI=1S/C14H11ClF3NO3S/c15-12-19-8-6(11(20)13(1-2-13)14(16,17)18)5-7-9(10(8)23-12)22-4-3-21-7/h5,11,20H,1-4H2. The fraction of sp³-hybridized carbons (Fsp3) is 0.500. The van der Waals surface area contributed by atoms with Gasteiger partial charge in [0.2, 0.25) is 0 Å². The van der Waals surface area contributed by atoms with Gasteiger partial charge in [-0.2, -0.15) is 13.2 Å². The third-order valence-corrected chi connectivity index (χ3v) is 5.51. The van der Waals surface area contributed by atoms with E-state index in [0.29, 0.717) is 29.4 Å². The molecule has 2 aliphatic rings. The molecule has 2 heterocycles. The Balaban J connectivity index is 1.90. The van der Waals surface area contributed by atoms with E-state index in [1.54, 1.807) is 0 Å². The van der Waals surface area contributed by atoms with E-state index in [0.717, 1.165) is 11.3 Å². The molecule has 4 nitrogen and oxygen atoms in total. The Bertz CT molecular complexity index is 788. The summed E-state index contributed by atoms with van der Waals surface area (Å²) in [6, 6.07) is 1.39. The first-order valence-corrected chi connectivity index (χ1v) is 8.16. The Labute approximate surface area is 137 Å². The molecule has 0 spiro atoms. The minimum atomic E-state index is -4.48. The molecule has 9 heteroatoms. The molecule has 1 aromatic carbocycles. The number of fused-ring (bicyclic) bond motifs is 3. The zero-order valence-electron chi connectivity index (χ0n) is 11.6. The lowest BCUT2D eigenvalue weighted by molar-refractivity contribution is -0.215. The number of hydrogen-bond acceptors (Lipinski definition) is 5. The number of aliphatic hydroxyl groups is 1. The summed E-state index contributed by atoms with van der Waals surface area (Å²) in [4.78, 5) is 4.09. The molecule has 0 bridgehead atoms. The van der Waals surface area contributed by atoms with Crippen LogP contribution in [0.1, 0.15) is 24.5 Å². The maximum Gasteiger partial charge on any atom is 0.397 e. The van der Waals surface area contributed by atoms with Crippen LogP contribution in [0, 0.1) is 5.41 Å². The van der Waals surface area contributed by atoms with Gasteiger partial charge in [0.05, 0.1) is 17.0 Å². The second kappa shape index (κ2) is 4.87. The number of nitrogens with zero attached hydrogens (tertiary/aromatic N) is 1. The molecule has 1 saturated carbocycles. The third-order valence-electron chi connectivity index (χ3n) is 4.35. The van der Waals surface area contributed by atoms with Crippen molar-refractivity contribution in [3.63, 3.8) is 0 Å². The van der Waals surface area contributed by atoms with E-state index in [2.05, 4.69) is 4.98 Å². The van der Waals surface area contributed by atoms with Crippen molar-refractivity contribution in [1.82, 2.24) is 4.98 Å². The van der Waals surface area contributed by atoms with Crippen LogP contribution in [0.15, 0.2) is 6.07 Å². The van der Waals surface area contributed by atoms with Crippen LogP contribution in [0.3, 0.4) is 0 Å². The number of ether oxygens (including phenoxy) is 2. The second-order valence-corrected chi connectivity index (χ2v) is 7.27. The molecule has 1 unspecified atom stereocenters. The Hall–Kier alpha value is -1.25. The minimum Gasteiger partial charge on any atom is -0.486 e. The summed E-state index contributed by atoms with van der Waals surface area (Å²) in [6.45, 7) is 0.636. The summed E-state index contributed by atoms with van der Waals surface area (Å²) >= 11 is 7.02. The van der Waals surface area contributed by atoms with Crippen LogP contribution in [-0.4, -0.2) is 29.5 Å². The fourth-order valence-corrected chi connectivity index (χ4v) is 4.06. The van der Waals surface area contributed by atoms with Gasteiger partial charge in [0.1, 0.15) is 17.9 Å². The molecule has 2 aromatic rings. The highest BCUT2D eigenvalue weighted by Crippen LogP contribution is 2.65. The van der Waals surface area contributed by atoms with Crippen LogP contribution in [0.25, 0.3) is 10.2 Å². The van der Waals surface area contributed by atoms with Gasteiger partial charge in [-0.15, -0.1) is 0 Å². The lowest BCUT2D eigenvalue weighted by atomic mass is 9.91. The van der Waals surface area contributed by atoms with Crippen LogP contribution in [-0.2, 0) is 0 Å². The molecule has 1 atom stereocenters. The van der Waals surface area contributed by atoms with Crippen LogP contribution >= 0.6 is 22.9 Å². The van der Waals surface area contributed by atoms with E-state index in [9.17, 15) is 18.3 Å². The summed E-state index contributed by atoms with van der Waals surface area (Å²) in [6.07, 6.45) is -6.40. The van der Waals surface area contributed by atoms with Gasteiger partial charge in [0.25, 0.3) is 0 Å². The highest BCUT2D eigenvalue weighted by molar-refractivity contribution is 7.22. The molecule has 0 saturated heterocycles. The van der Waals surface area contributed by atoms with E-state index in [-0.39, 0.29) is 28.4 Å². The third kappa shape index (κ3) is 2.19. The Kier molecular flexibility index (Phi) is 3.24. The number of thiazole rings is 1. The molecule has 23 heavy (non-hydrogen) atoms. The Morgan fingerprint density at radius 1 is 1.30 bits per heavy atom. The maximum absolute atomic E-state index is 13.3. The maximum atomic E-state index is 13.3. The molecule has 0 radical (unpaired) electrons. The molecular weight excluding hydrogens is 355 g/mol. The predicted molar refractivity (Wildman–Crippen MR) is 78.3 cm³/mol. The van der Waals surface area contributed by atoms with Crippen molar-refractivity contribution in [3.05, 3.63) is 16.1 Å². The van der Waals surface area contributed by atoms with Gasteiger partial charge in [-0.25, -0.2) is 4.98 Å². The minimum absolute atomic E-state index is 0.0854. The Morgan fingerprint density at radius 2 is 2.00 bits per heavy atom. The normalized spacial score (nSPS) is 20.6. The zero-order valence-corrected chi connectivity index (χ0v) is 13.2. The average molecular weight is 366 g/mol. The summed E-state index contributed by atoms with van der Waals surface area (Å²) in [7, 11) is 0. The number of aliphatic hydroxyl groups excluding tert-OH is 1. The van der Waals surface area contributed by atoms with Gasteiger partial charge in [0.15, 0.2) is 16.0 Å². The lowest BCUT2D eigenvalue weighted by Crippen LogP contribution is -2.31. The lowest BCUT2D eigenvalue weighted by Gasteiger charge is -2.27. The van der Waals surface area contributed by atoms with Crippen LogP contribution in [0.5, 0.6) is 11.5 Å². The highest BCUT2D eigenvalue weighted by atomic mass is 35.5. The fourth-order valence-electron chi connectivity index (χ4n) is 2.92. The van der Waals surface area contributed by atoms with E-state index in [4.69, 9.17) is 21.1 Å². The van der Waals surface area contributed by atoms with Crippen molar-refractivity contribution in [3.8, 4) is 11.5 Å². The molecule has 0 amide bonds. The quantitative estimate of drug-likeness (QED) is 0.870. The van der Waals surface area contributed by atoms with Gasteiger partial charge in [-0.05, 0) is 18.9 Å². The molecule has 4 rings (SSSR count). The number of halogens is 4. The molecule has 1 aromatic heterocycles. The summed E-state index contributed by atoms with van der Waals surface area (Å²) in [5.74, 6) is 0.736. The SMILES string of the molecule is OC(c1cc2c(c3sc(Cl)nc13)OCCO2)C1(C(F)(F)F)CC1. The van der Waals surface area contributed by atoms with E-state index in [1.165, 1.54) is 6.07 Å². The first kappa shape index (κ1) is 15.3. The van der Waals surface area contributed by atoms with Crippen LogP contribution < -0.4 is 9.47 Å². The number of hydrogen-bond donors (Lipinski definition) is 1. The van der Waals surface area contributed by atoms with Gasteiger partial charge in [-0.1, -0.05) is 22.9 Å². The largest absolute Gasteiger partial charge is 0.486 e. The molecule has 1 fully saturated rings. The van der Waals surface area contributed by atoms with Crippen molar-refractivity contribution in [2.24, 2.45) is 5.41 Å². The summed E-state index contributed by atoms with van der Waals surface area (Å²) in [5, 5.41) is 10.5. The molecule has 1 N–H and O–H groups in total. The van der Waals surface area contributed by atoms with Gasteiger partial charge < -0.3 is 14.6 Å². The van der Waals surface area contributed by atoms with Crippen LogP contribution in [0.4, 0.5) is 13.2 Å². The summed E-state index contributed by atoms with van der Waals surface area (Å²) < 4.78 is 51.6. The average Bonchev–Trinajstić information content (AvgIpc) is 3.22. The topological polar surface area (TPSA) is 51.6 Å². The number of benzene rings is 1. The van der Waals surface area contributed by atoms with Gasteiger partial charge in [0, 0.05) is 5.56 Å². The highest BCUT2D eigenvalue weighted by Gasteiger charge is 2.67. The summed E-state index contributed by atoms with van der Waals surface area (Å²) in [5.41, 5.74) is -1.78. The van der Waals surface area contributed by atoms with Crippen molar-refractivity contribution in [1.29, 1.82) is 0 Å². The zero-order chi connectivity index (χ0) is 16.4. The van der Waals surface area contributed by atoms with Gasteiger partial charge >= 0.3 is 6.18 Å². The molecule has 1 aliphatic heterocycles. The second-order valence-electron chi connectivity index (χ2n) is 5.69. The van der Waals surface area contributed by atoms with Crippen LogP contribution in [0.2, 0.25) is 4.47 Å². The van der Waals surface area contributed by atoms with Crippen molar-refractivity contribution in [2.45, 2.75) is 25.1 Å². The molecular formula is C14H11ClF3NO3S. The first-order valence-electron chi connectivity index (χ1n) is 6.97. The van der Waals surface area contributed by atoms with Gasteiger partial charge in [-0.3, -0.25) is 0 Å². The number of alkyl halides is 3. The first-order chi connectivity index (χ1) is 10.8. The number of rotatable bonds is 2. The predicted octanol–water partition coefficient (Wildman–Crippen LogP) is 4.10. The monoisotopic (exact) mass is 365 g/mol. The molecule has 1 aliphatic carbocycles. The van der Waals surface area contributed by atoms with Crippen molar-refractivity contribution in [2.75, 3.05) is 13.2 Å². The Morgan fingerprint density at radius 3 is 2.65 bits per heavy atom. The van der Waals surface area contributed by atoms with E-state index in [1.807, 2.05) is 0 Å². The van der Waals surface area contributed by atoms with E-state index < -0.39 is 17.7 Å². The molecule has 124 valence electrons. The van der Waals surface area contributed by atoms with Crippen molar-refractivity contribution >= 4 is 33.2 Å². The number of aromatic nitrogens is 1. The smallest absolute Gasteiger partial charge is 0.397 e.